The third kappa shape index (κ3) is 2.94. The van der Waals surface area contributed by atoms with Gasteiger partial charge in [-0.3, -0.25) is 0 Å². The van der Waals surface area contributed by atoms with Crippen molar-refractivity contribution in [1.29, 1.82) is 0 Å². The highest BCUT2D eigenvalue weighted by atomic mass is 16.3. The van der Waals surface area contributed by atoms with Gasteiger partial charge in [0.25, 0.3) is 0 Å². The SMILES string of the molecule is OC1(CNc2ccccc2)CCCNC1. The van der Waals surface area contributed by atoms with Crippen molar-refractivity contribution in [1.82, 2.24) is 5.32 Å². The van der Waals surface area contributed by atoms with Crippen LogP contribution >= 0.6 is 0 Å². The molecular formula is C12H18N2O. The molecule has 1 aromatic rings. The Bertz CT molecular complexity index is 294. The van der Waals surface area contributed by atoms with Crippen molar-refractivity contribution in [2.45, 2.75) is 18.4 Å². The summed E-state index contributed by atoms with van der Waals surface area (Å²) in [5.74, 6) is 0. The zero-order valence-corrected chi connectivity index (χ0v) is 8.87. The van der Waals surface area contributed by atoms with Crippen molar-refractivity contribution in [3.05, 3.63) is 30.3 Å². The summed E-state index contributed by atoms with van der Waals surface area (Å²) in [4.78, 5) is 0. The molecule has 0 saturated carbocycles. The fraction of sp³-hybridized carbons (Fsp3) is 0.500. The lowest BCUT2D eigenvalue weighted by Crippen LogP contribution is -2.50. The van der Waals surface area contributed by atoms with Gasteiger partial charge in [0, 0.05) is 18.8 Å². The molecule has 0 amide bonds. The number of para-hydroxylation sites is 1. The third-order valence-electron chi connectivity index (χ3n) is 2.85. The minimum Gasteiger partial charge on any atom is -0.387 e. The molecule has 0 aliphatic carbocycles. The lowest BCUT2D eigenvalue weighted by atomic mass is 9.94. The van der Waals surface area contributed by atoms with Gasteiger partial charge in [-0.15, -0.1) is 0 Å². The van der Waals surface area contributed by atoms with Crippen LogP contribution in [0.3, 0.4) is 0 Å². The Kier molecular flexibility index (Phi) is 3.23. The van der Waals surface area contributed by atoms with E-state index < -0.39 is 5.60 Å². The summed E-state index contributed by atoms with van der Waals surface area (Å²) in [6, 6.07) is 10.00. The van der Waals surface area contributed by atoms with Gasteiger partial charge in [-0.2, -0.15) is 0 Å². The molecule has 1 aromatic carbocycles. The summed E-state index contributed by atoms with van der Waals surface area (Å²) in [7, 11) is 0. The van der Waals surface area contributed by atoms with Crippen LogP contribution in [0.15, 0.2) is 30.3 Å². The molecule has 15 heavy (non-hydrogen) atoms. The van der Waals surface area contributed by atoms with Gasteiger partial charge < -0.3 is 15.7 Å². The number of aliphatic hydroxyl groups is 1. The number of anilines is 1. The molecule has 0 bridgehead atoms. The number of piperidine rings is 1. The molecule has 0 spiro atoms. The summed E-state index contributed by atoms with van der Waals surface area (Å²) in [5, 5.41) is 16.7. The van der Waals surface area contributed by atoms with Crippen LogP contribution in [0.25, 0.3) is 0 Å². The van der Waals surface area contributed by atoms with Gasteiger partial charge in [0.05, 0.1) is 5.60 Å². The fourth-order valence-corrected chi connectivity index (χ4v) is 1.93. The standard InChI is InChI=1S/C12H18N2O/c15-12(7-4-8-13-9-12)10-14-11-5-2-1-3-6-11/h1-3,5-6,13-15H,4,7-10H2. The Morgan fingerprint density at radius 1 is 1.33 bits per heavy atom. The van der Waals surface area contributed by atoms with Gasteiger partial charge in [0.15, 0.2) is 0 Å². The summed E-state index contributed by atoms with van der Waals surface area (Å²) in [5.41, 5.74) is 0.477. The van der Waals surface area contributed by atoms with E-state index in [0.29, 0.717) is 13.1 Å². The quantitative estimate of drug-likeness (QED) is 0.696. The highest BCUT2D eigenvalue weighted by molar-refractivity contribution is 5.42. The topological polar surface area (TPSA) is 44.3 Å². The maximum Gasteiger partial charge on any atom is 0.0943 e. The highest BCUT2D eigenvalue weighted by Gasteiger charge is 2.28. The van der Waals surface area contributed by atoms with Crippen molar-refractivity contribution in [3.63, 3.8) is 0 Å². The molecule has 1 saturated heterocycles. The van der Waals surface area contributed by atoms with E-state index in [1.54, 1.807) is 0 Å². The number of hydrogen-bond acceptors (Lipinski definition) is 3. The summed E-state index contributed by atoms with van der Waals surface area (Å²) < 4.78 is 0. The minimum absolute atomic E-state index is 0.589. The summed E-state index contributed by atoms with van der Waals surface area (Å²) in [6.45, 7) is 2.32. The molecule has 3 N–H and O–H groups in total. The van der Waals surface area contributed by atoms with Crippen molar-refractivity contribution < 1.29 is 5.11 Å². The van der Waals surface area contributed by atoms with Crippen LogP contribution in [-0.2, 0) is 0 Å². The third-order valence-corrected chi connectivity index (χ3v) is 2.85. The fourth-order valence-electron chi connectivity index (χ4n) is 1.93. The molecule has 3 nitrogen and oxygen atoms in total. The second kappa shape index (κ2) is 4.64. The Balaban J connectivity index is 1.87. The van der Waals surface area contributed by atoms with Gasteiger partial charge in [0.2, 0.25) is 0 Å². The van der Waals surface area contributed by atoms with E-state index in [0.717, 1.165) is 25.1 Å². The smallest absolute Gasteiger partial charge is 0.0943 e. The zero-order chi connectivity index (χ0) is 10.6. The lowest BCUT2D eigenvalue weighted by Gasteiger charge is -2.33. The van der Waals surface area contributed by atoms with Crippen LogP contribution < -0.4 is 10.6 Å². The maximum atomic E-state index is 10.2. The van der Waals surface area contributed by atoms with Gasteiger partial charge in [0.1, 0.15) is 0 Å². The van der Waals surface area contributed by atoms with Crippen molar-refractivity contribution >= 4 is 5.69 Å². The molecule has 1 fully saturated rings. The molecule has 1 aliphatic heterocycles. The van der Waals surface area contributed by atoms with E-state index in [1.165, 1.54) is 0 Å². The first-order valence-electron chi connectivity index (χ1n) is 5.51. The van der Waals surface area contributed by atoms with Crippen LogP contribution in [-0.4, -0.2) is 30.3 Å². The largest absolute Gasteiger partial charge is 0.387 e. The first-order chi connectivity index (χ1) is 7.29. The molecule has 2 rings (SSSR count). The van der Waals surface area contributed by atoms with E-state index in [-0.39, 0.29) is 0 Å². The van der Waals surface area contributed by atoms with Gasteiger partial charge >= 0.3 is 0 Å². The summed E-state index contributed by atoms with van der Waals surface area (Å²) in [6.07, 6.45) is 1.92. The molecule has 0 radical (unpaired) electrons. The maximum absolute atomic E-state index is 10.2. The number of hydrogen-bond donors (Lipinski definition) is 3. The van der Waals surface area contributed by atoms with E-state index in [2.05, 4.69) is 10.6 Å². The summed E-state index contributed by atoms with van der Waals surface area (Å²) >= 11 is 0. The van der Waals surface area contributed by atoms with Crippen molar-refractivity contribution in [3.8, 4) is 0 Å². The Morgan fingerprint density at radius 2 is 2.13 bits per heavy atom. The number of rotatable bonds is 3. The predicted molar refractivity (Wildman–Crippen MR) is 62.0 cm³/mol. The lowest BCUT2D eigenvalue weighted by molar-refractivity contribution is 0.0292. The van der Waals surface area contributed by atoms with Crippen molar-refractivity contribution in [2.24, 2.45) is 0 Å². The Labute approximate surface area is 90.5 Å². The minimum atomic E-state index is -0.589. The molecule has 1 heterocycles. The Morgan fingerprint density at radius 3 is 2.80 bits per heavy atom. The molecule has 1 aliphatic rings. The van der Waals surface area contributed by atoms with Crippen LogP contribution in [0.5, 0.6) is 0 Å². The molecule has 1 atom stereocenters. The van der Waals surface area contributed by atoms with Crippen LogP contribution in [0, 0.1) is 0 Å². The average molecular weight is 206 g/mol. The zero-order valence-electron chi connectivity index (χ0n) is 8.87. The highest BCUT2D eigenvalue weighted by Crippen LogP contribution is 2.17. The normalized spacial score (nSPS) is 26.2. The van der Waals surface area contributed by atoms with E-state index in [4.69, 9.17) is 0 Å². The van der Waals surface area contributed by atoms with Gasteiger partial charge in [-0.1, -0.05) is 18.2 Å². The second-order valence-corrected chi connectivity index (χ2v) is 4.22. The van der Waals surface area contributed by atoms with Gasteiger partial charge in [-0.25, -0.2) is 0 Å². The molecular weight excluding hydrogens is 188 g/mol. The molecule has 3 heteroatoms. The van der Waals surface area contributed by atoms with Crippen LogP contribution in [0.4, 0.5) is 5.69 Å². The van der Waals surface area contributed by atoms with Crippen LogP contribution in [0.2, 0.25) is 0 Å². The van der Waals surface area contributed by atoms with Crippen molar-refractivity contribution in [2.75, 3.05) is 25.0 Å². The average Bonchev–Trinajstić information content (AvgIpc) is 2.29. The molecule has 82 valence electrons. The van der Waals surface area contributed by atoms with Gasteiger partial charge in [-0.05, 0) is 31.5 Å². The Hall–Kier alpha value is -1.06. The molecule has 1 unspecified atom stereocenters. The molecule has 0 aromatic heterocycles. The van der Waals surface area contributed by atoms with E-state index in [9.17, 15) is 5.11 Å². The number of nitrogens with one attached hydrogen (secondary N) is 2. The predicted octanol–water partition coefficient (Wildman–Crippen LogP) is 1.21. The van der Waals surface area contributed by atoms with E-state index in [1.807, 2.05) is 30.3 Å². The first kappa shape index (κ1) is 10.5. The second-order valence-electron chi connectivity index (χ2n) is 4.22. The number of β-amino-alcohol motifs (C(OH)–C–C–N with tert-alkyl or cyclic N) is 1. The monoisotopic (exact) mass is 206 g/mol. The van der Waals surface area contributed by atoms with Crippen LogP contribution in [0.1, 0.15) is 12.8 Å². The first-order valence-corrected chi connectivity index (χ1v) is 5.51. The number of benzene rings is 1. The van der Waals surface area contributed by atoms with E-state index >= 15 is 0 Å².